The highest BCUT2D eigenvalue weighted by molar-refractivity contribution is 9.11. The second-order valence-corrected chi connectivity index (χ2v) is 7.08. The number of benzene rings is 3. The molecule has 0 atom stereocenters. The number of hydrogen-bond donors (Lipinski definition) is 2. The van der Waals surface area contributed by atoms with Crippen LogP contribution in [-0.4, -0.2) is 28.4 Å². The van der Waals surface area contributed by atoms with E-state index < -0.39 is 5.97 Å². The van der Waals surface area contributed by atoms with Gasteiger partial charge >= 0.3 is 5.97 Å². The lowest BCUT2D eigenvalue weighted by Crippen LogP contribution is -2.09. The van der Waals surface area contributed by atoms with Crippen LogP contribution in [0, 0.1) is 0 Å². The first kappa shape index (κ1) is 17.6. The minimum Gasteiger partial charge on any atom is -0.506 e. The molecule has 0 spiro atoms. The van der Waals surface area contributed by atoms with E-state index in [1.807, 2.05) is 42.5 Å². The Morgan fingerprint density at radius 1 is 1.00 bits per heavy atom. The molecule has 0 fully saturated rings. The normalized spacial score (nSPS) is 11.7. The molecule has 126 valence electrons. The summed E-state index contributed by atoms with van der Waals surface area (Å²) in [5.74, 6) is -0.922. The Balaban J connectivity index is 2.26. The zero-order chi connectivity index (χ0) is 18.0. The summed E-state index contributed by atoms with van der Waals surface area (Å²) in [6.07, 6.45) is 0. The van der Waals surface area contributed by atoms with Gasteiger partial charge in [0.15, 0.2) is 0 Å². The van der Waals surface area contributed by atoms with E-state index in [-0.39, 0.29) is 12.3 Å². The van der Waals surface area contributed by atoms with E-state index in [0.29, 0.717) is 20.2 Å². The lowest BCUT2D eigenvalue weighted by molar-refractivity contribution is -0.135. The first-order valence-corrected chi connectivity index (χ1v) is 8.98. The van der Waals surface area contributed by atoms with E-state index in [9.17, 15) is 9.90 Å². The Bertz CT molecular complexity index is 971. The number of aromatic hydroxyl groups is 1. The molecule has 0 aliphatic heterocycles. The van der Waals surface area contributed by atoms with Crippen LogP contribution in [0.4, 0.5) is 0 Å². The number of aliphatic imine (C=N–C) groups is 1. The topological polar surface area (TPSA) is 69.9 Å². The molecule has 0 aromatic heterocycles. The number of carboxylic acids is 1. The largest absolute Gasteiger partial charge is 0.506 e. The number of hydrogen-bond acceptors (Lipinski definition) is 3. The zero-order valence-corrected chi connectivity index (χ0v) is 16.1. The summed E-state index contributed by atoms with van der Waals surface area (Å²) in [4.78, 5) is 15.4. The van der Waals surface area contributed by atoms with Crippen molar-refractivity contribution in [1.29, 1.82) is 0 Å². The van der Waals surface area contributed by atoms with Crippen LogP contribution in [0.2, 0.25) is 0 Å². The van der Waals surface area contributed by atoms with Crippen molar-refractivity contribution in [2.75, 3.05) is 6.54 Å². The van der Waals surface area contributed by atoms with E-state index in [1.165, 1.54) is 0 Å². The summed E-state index contributed by atoms with van der Waals surface area (Å²) in [5.41, 5.74) is 2.10. The molecule has 0 heterocycles. The van der Waals surface area contributed by atoms with Crippen LogP contribution in [0.15, 0.2) is 68.5 Å². The van der Waals surface area contributed by atoms with Gasteiger partial charge in [-0.15, -0.1) is 0 Å². The SMILES string of the molecule is O=C(O)CN=C(c1cc(Br)c(O)c(Br)c1)c1cccc2ccccc12. The molecule has 0 aliphatic carbocycles. The van der Waals surface area contributed by atoms with Gasteiger partial charge in [0.1, 0.15) is 12.3 Å². The average Bonchev–Trinajstić information content (AvgIpc) is 2.59. The summed E-state index contributed by atoms with van der Waals surface area (Å²) in [6, 6.07) is 17.1. The van der Waals surface area contributed by atoms with Crippen molar-refractivity contribution in [3.05, 3.63) is 74.7 Å². The number of aliphatic carboxylic acids is 1. The number of rotatable bonds is 4. The van der Waals surface area contributed by atoms with E-state index >= 15 is 0 Å². The van der Waals surface area contributed by atoms with Crippen LogP contribution in [0.1, 0.15) is 11.1 Å². The number of carbonyl (C=O) groups is 1. The highest BCUT2D eigenvalue weighted by atomic mass is 79.9. The smallest absolute Gasteiger partial charge is 0.325 e. The second-order valence-electron chi connectivity index (χ2n) is 5.37. The number of carboxylic acid groups (broad SMARTS) is 1. The quantitative estimate of drug-likeness (QED) is 0.536. The fourth-order valence-electron chi connectivity index (χ4n) is 2.61. The van der Waals surface area contributed by atoms with Crippen LogP contribution in [0.25, 0.3) is 10.8 Å². The van der Waals surface area contributed by atoms with Gasteiger partial charge in [0.25, 0.3) is 0 Å². The molecule has 0 unspecified atom stereocenters. The monoisotopic (exact) mass is 461 g/mol. The predicted molar refractivity (Wildman–Crippen MR) is 106 cm³/mol. The molecule has 4 nitrogen and oxygen atoms in total. The van der Waals surface area contributed by atoms with E-state index in [1.54, 1.807) is 12.1 Å². The summed E-state index contributed by atoms with van der Waals surface area (Å²) in [5, 5.41) is 21.0. The van der Waals surface area contributed by atoms with E-state index in [4.69, 9.17) is 5.11 Å². The summed E-state index contributed by atoms with van der Waals surface area (Å²) < 4.78 is 1.00. The second kappa shape index (κ2) is 7.37. The highest BCUT2D eigenvalue weighted by Crippen LogP contribution is 2.34. The Morgan fingerprint density at radius 3 is 2.32 bits per heavy atom. The summed E-state index contributed by atoms with van der Waals surface area (Å²) in [7, 11) is 0. The lowest BCUT2D eigenvalue weighted by atomic mass is 9.96. The van der Waals surface area contributed by atoms with Crippen LogP contribution in [0.5, 0.6) is 5.75 Å². The van der Waals surface area contributed by atoms with Gasteiger partial charge in [-0.05, 0) is 54.8 Å². The van der Waals surface area contributed by atoms with Crippen molar-refractivity contribution in [3.63, 3.8) is 0 Å². The van der Waals surface area contributed by atoms with E-state index in [0.717, 1.165) is 16.3 Å². The van der Waals surface area contributed by atoms with Gasteiger partial charge in [0.05, 0.1) is 14.7 Å². The van der Waals surface area contributed by atoms with Crippen molar-refractivity contribution < 1.29 is 15.0 Å². The molecular weight excluding hydrogens is 450 g/mol. The number of phenolic OH excluding ortho intramolecular Hbond substituents is 1. The molecule has 2 N–H and O–H groups in total. The van der Waals surface area contributed by atoms with Crippen molar-refractivity contribution in [1.82, 2.24) is 0 Å². The maximum atomic E-state index is 11.1. The van der Waals surface area contributed by atoms with Crippen molar-refractivity contribution in [2.45, 2.75) is 0 Å². The highest BCUT2D eigenvalue weighted by Gasteiger charge is 2.15. The Hall–Kier alpha value is -2.18. The van der Waals surface area contributed by atoms with Gasteiger partial charge in [-0.1, -0.05) is 42.5 Å². The summed E-state index contributed by atoms with van der Waals surface area (Å²) in [6.45, 7) is -0.339. The van der Waals surface area contributed by atoms with Gasteiger partial charge in [0.2, 0.25) is 0 Å². The van der Waals surface area contributed by atoms with Crippen molar-refractivity contribution in [2.24, 2.45) is 4.99 Å². The van der Waals surface area contributed by atoms with Gasteiger partial charge in [-0.25, -0.2) is 0 Å². The first-order chi connectivity index (χ1) is 12.0. The molecule has 3 aromatic carbocycles. The minimum absolute atomic E-state index is 0.0826. The number of halogens is 2. The van der Waals surface area contributed by atoms with Gasteiger partial charge < -0.3 is 10.2 Å². The maximum Gasteiger partial charge on any atom is 0.325 e. The molecule has 0 saturated heterocycles. The Morgan fingerprint density at radius 2 is 1.64 bits per heavy atom. The zero-order valence-electron chi connectivity index (χ0n) is 12.9. The molecular formula is C19H13Br2NO3. The van der Waals surface area contributed by atoms with Crippen LogP contribution < -0.4 is 0 Å². The maximum absolute atomic E-state index is 11.1. The van der Waals surface area contributed by atoms with Gasteiger partial charge in [-0.2, -0.15) is 0 Å². The van der Waals surface area contributed by atoms with Gasteiger partial charge in [-0.3, -0.25) is 9.79 Å². The third-order valence-corrected chi connectivity index (χ3v) is 4.92. The number of fused-ring (bicyclic) bond motifs is 1. The summed E-state index contributed by atoms with van der Waals surface area (Å²) >= 11 is 6.63. The molecule has 0 radical (unpaired) electrons. The molecule has 0 saturated carbocycles. The molecule has 0 aliphatic rings. The fraction of sp³-hybridized carbons (Fsp3) is 0.0526. The Labute approximate surface area is 161 Å². The standard InChI is InChI=1S/C19H13Br2NO3/c20-15-8-12(9-16(21)19(15)25)18(22-10-17(23)24)14-7-3-5-11-4-1-2-6-13(11)14/h1-9,25H,10H2,(H,23,24). The average molecular weight is 463 g/mol. The lowest BCUT2D eigenvalue weighted by Gasteiger charge is -2.12. The molecule has 6 heteroatoms. The predicted octanol–water partition coefficient (Wildman–Crippen LogP) is 4.99. The number of nitrogens with zero attached hydrogens (tertiary/aromatic N) is 1. The molecule has 0 bridgehead atoms. The van der Waals surface area contributed by atoms with E-state index in [2.05, 4.69) is 36.9 Å². The number of phenols is 1. The van der Waals surface area contributed by atoms with Crippen LogP contribution in [0.3, 0.4) is 0 Å². The van der Waals surface area contributed by atoms with Crippen molar-refractivity contribution in [3.8, 4) is 5.75 Å². The molecule has 3 rings (SSSR count). The first-order valence-electron chi connectivity index (χ1n) is 7.40. The van der Waals surface area contributed by atoms with Crippen LogP contribution in [-0.2, 0) is 4.79 Å². The van der Waals surface area contributed by atoms with Crippen molar-refractivity contribution >= 4 is 54.3 Å². The van der Waals surface area contributed by atoms with Crippen LogP contribution >= 0.6 is 31.9 Å². The van der Waals surface area contributed by atoms with Gasteiger partial charge in [0, 0.05) is 11.1 Å². The molecule has 0 amide bonds. The fourth-order valence-corrected chi connectivity index (χ4v) is 3.80. The minimum atomic E-state index is -1.00. The molecule has 3 aromatic rings. The third-order valence-electron chi connectivity index (χ3n) is 3.71. The third kappa shape index (κ3) is 3.75. The molecule has 25 heavy (non-hydrogen) atoms. The Kier molecular flexibility index (Phi) is 5.20.